The summed E-state index contributed by atoms with van der Waals surface area (Å²) in [4.78, 5) is 22.2. The van der Waals surface area contributed by atoms with Crippen molar-refractivity contribution >= 4 is 11.9 Å². The molecule has 1 atom stereocenters. The number of hydrogen-bond acceptors (Lipinski definition) is 4. The lowest BCUT2D eigenvalue weighted by Gasteiger charge is -2.21. The van der Waals surface area contributed by atoms with Crippen LogP contribution in [0.15, 0.2) is 0 Å². The Morgan fingerprint density at radius 2 is 1.75 bits per heavy atom. The quantitative estimate of drug-likeness (QED) is 0.729. The Hall–Kier alpha value is -1.10. The minimum Gasteiger partial charge on any atom is -0.479 e. The highest BCUT2D eigenvalue weighted by atomic mass is 16.6. The summed E-state index contributed by atoms with van der Waals surface area (Å²) in [6, 6.07) is 0. The van der Waals surface area contributed by atoms with Crippen LogP contribution in [0.3, 0.4) is 0 Å². The highest BCUT2D eigenvalue weighted by molar-refractivity contribution is 5.80. The van der Waals surface area contributed by atoms with Crippen LogP contribution < -0.4 is 0 Å². The topological polar surface area (TPSA) is 72.8 Å². The zero-order chi connectivity index (χ0) is 12.9. The van der Waals surface area contributed by atoms with Crippen molar-refractivity contribution in [2.45, 2.75) is 58.8 Å². The summed E-state index contributed by atoms with van der Waals surface area (Å²) in [5, 5.41) is 8.84. The van der Waals surface area contributed by atoms with Gasteiger partial charge in [0.1, 0.15) is 5.60 Å². The molecule has 0 aliphatic carbocycles. The second kappa shape index (κ2) is 5.84. The summed E-state index contributed by atoms with van der Waals surface area (Å²) in [5.41, 5.74) is -0.613. The minimum absolute atomic E-state index is 0.247. The molecule has 5 nitrogen and oxygen atoms in total. The van der Waals surface area contributed by atoms with E-state index in [1.807, 2.05) is 0 Å². The SMILES string of the molecule is CC(C)O[C@@H](CC(=O)OC(C)(C)C)C(=O)O. The number of carboxylic acids is 1. The number of rotatable bonds is 5. The summed E-state index contributed by atoms with van der Waals surface area (Å²) in [6.07, 6.45) is -1.66. The average Bonchev–Trinajstić information content (AvgIpc) is 1.97. The normalized spacial score (nSPS) is 13.6. The fourth-order valence-electron chi connectivity index (χ4n) is 1.06. The van der Waals surface area contributed by atoms with Gasteiger partial charge in [0, 0.05) is 0 Å². The molecular weight excluding hydrogens is 212 g/mol. The van der Waals surface area contributed by atoms with Crippen LogP contribution in [0, 0.1) is 0 Å². The molecule has 0 aromatic rings. The molecule has 0 spiro atoms. The van der Waals surface area contributed by atoms with Crippen molar-refractivity contribution in [3.8, 4) is 0 Å². The number of esters is 1. The summed E-state index contributed by atoms with van der Waals surface area (Å²) >= 11 is 0. The number of aliphatic carboxylic acids is 1. The maximum absolute atomic E-state index is 11.4. The van der Waals surface area contributed by atoms with Crippen LogP contribution in [-0.2, 0) is 19.1 Å². The molecule has 0 aromatic heterocycles. The van der Waals surface area contributed by atoms with Gasteiger partial charge in [-0.25, -0.2) is 4.79 Å². The van der Waals surface area contributed by atoms with Crippen molar-refractivity contribution in [2.75, 3.05) is 0 Å². The molecule has 0 rings (SSSR count). The van der Waals surface area contributed by atoms with Crippen molar-refractivity contribution in [3.05, 3.63) is 0 Å². The van der Waals surface area contributed by atoms with Gasteiger partial charge in [-0.1, -0.05) is 0 Å². The fourth-order valence-corrected chi connectivity index (χ4v) is 1.06. The second-order valence-electron chi connectivity index (χ2n) is 4.80. The number of carboxylic acid groups (broad SMARTS) is 1. The summed E-state index contributed by atoms with van der Waals surface area (Å²) in [7, 11) is 0. The first kappa shape index (κ1) is 14.9. The molecule has 0 saturated heterocycles. The molecule has 0 aliphatic rings. The highest BCUT2D eigenvalue weighted by Gasteiger charge is 2.26. The predicted molar refractivity (Wildman–Crippen MR) is 58.1 cm³/mol. The van der Waals surface area contributed by atoms with Crippen LogP contribution >= 0.6 is 0 Å². The largest absolute Gasteiger partial charge is 0.479 e. The van der Waals surface area contributed by atoms with E-state index >= 15 is 0 Å². The van der Waals surface area contributed by atoms with Gasteiger partial charge in [-0.3, -0.25) is 4.79 Å². The molecule has 0 saturated carbocycles. The van der Waals surface area contributed by atoms with Crippen molar-refractivity contribution in [2.24, 2.45) is 0 Å². The second-order valence-corrected chi connectivity index (χ2v) is 4.80. The molecule has 0 heterocycles. The van der Waals surface area contributed by atoms with Crippen LogP contribution in [0.5, 0.6) is 0 Å². The third kappa shape index (κ3) is 7.23. The Bertz CT molecular complexity index is 252. The van der Waals surface area contributed by atoms with Crippen LogP contribution in [0.4, 0.5) is 0 Å². The molecule has 0 amide bonds. The van der Waals surface area contributed by atoms with Crippen LogP contribution in [0.2, 0.25) is 0 Å². The number of hydrogen-bond donors (Lipinski definition) is 1. The number of carbonyl (C=O) groups excluding carboxylic acids is 1. The summed E-state index contributed by atoms with van der Waals surface area (Å²) in [5.74, 6) is -1.72. The van der Waals surface area contributed by atoms with E-state index in [2.05, 4.69) is 0 Å². The lowest BCUT2D eigenvalue weighted by molar-refractivity contribution is -0.167. The maximum atomic E-state index is 11.4. The summed E-state index contributed by atoms with van der Waals surface area (Å²) < 4.78 is 10.1. The third-order valence-electron chi connectivity index (χ3n) is 1.48. The molecule has 0 fully saturated rings. The minimum atomic E-state index is -1.15. The standard InChI is InChI=1S/C11H20O5/c1-7(2)15-8(10(13)14)6-9(12)16-11(3,4)5/h7-8H,6H2,1-5H3,(H,13,14)/t8-/m0/s1. The van der Waals surface area contributed by atoms with Crippen molar-refractivity contribution in [1.82, 2.24) is 0 Å². The smallest absolute Gasteiger partial charge is 0.333 e. The van der Waals surface area contributed by atoms with Gasteiger partial charge < -0.3 is 14.6 Å². The molecule has 0 radical (unpaired) electrons. The van der Waals surface area contributed by atoms with Gasteiger partial charge >= 0.3 is 11.9 Å². The van der Waals surface area contributed by atoms with E-state index in [9.17, 15) is 9.59 Å². The van der Waals surface area contributed by atoms with E-state index in [0.717, 1.165) is 0 Å². The summed E-state index contributed by atoms with van der Waals surface area (Å²) in [6.45, 7) is 8.61. The van der Waals surface area contributed by atoms with E-state index in [4.69, 9.17) is 14.6 Å². The molecule has 0 aromatic carbocycles. The van der Waals surface area contributed by atoms with Gasteiger partial charge in [-0.05, 0) is 34.6 Å². The zero-order valence-electron chi connectivity index (χ0n) is 10.4. The van der Waals surface area contributed by atoms with E-state index < -0.39 is 23.6 Å². The third-order valence-corrected chi connectivity index (χ3v) is 1.48. The molecule has 94 valence electrons. The molecule has 0 aliphatic heterocycles. The first-order chi connectivity index (χ1) is 7.11. The Labute approximate surface area is 95.7 Å². The molecule has 5 heteroatoms. The monoisotopic (exact) mass is 232 g/mol. The highest BCUT2D eigenvalue weighted by Crippen LogP contribution is 2.11. The Balaban J connectivity index is 4.30. The van der Waals surface area contributed by atoms with Crippen molar-refractivity contribution < 1.29 is 24.2 Å². The van der Waals surface area contributed by atoms with Gasteiger partial charge in [0.05, 0.1) is 12.5 Å². The van der Waals surface area contributed by atoms with Gasteiger partial charge in [0.25, 0.3) is 0 Å². The number of carbonyl (C=O) groups is 2. The molecule has 16 heavy (non-hydrogen) atoms. The van der Waals surface area contributed by atoms with E-state index in [-0.39, 0.29) is 12.5 Å². The first-order valence-electron chi connectivity index (χ1n) is 5.22. The zero-order valence-corrected chi connectivity index (χ0v) is 10.4. The maximum Gasteiger partial charge on any atom is 0.333 e. The first-order valence-corrected chi connectivity index (χ1v) is 5.22. The van der Waals surface area contributed by atoms with Crippen molar-refractivity contribution in [1.29, 1.82) is 0 Å². The van der Waals surface area contributed by atoms with Gasteiger partial charge in [-0.2, -0.15) is 0 Å². The van der Waals surface area contributed by atoms with Crippen molar-refractivity contribution in [3.63, 3.8) is 0 Å². The lowest BCUT2D eigenvalue weighted by atomic mass is 10.2. The number of ether oxygens (including phenoxy) is 2. The molecule has 0 unspecified atom stereocenters. The Morgan fingerprint density at radius 3 is 2.06 bits per heavy atom. The van der Waals surface area contributed by atoms with E-state index in [0.29, 0.717) is 0 Å². The van der Waals surface area contributed by atoms with Crippen LogP contribution in [0.1, 0.15) is 41.0 Å². The van der Waals surface area contributed by atoms with Gasteiger partial charge in [0.2, 0.25) is 0 Å². The lowest BCUT2D eigenvalue weighted by Crippen LogP contribution is -2.33. The molecule has 1 N–H and O–H groups in total. The Kier molecular flexibility index (Phi) is 5.44. The average molecular weight is 232 g/mol. The van der Waals surface area contributed by atoms with Crippen LogP contribution in [0.25, 0.3) is 0 Å². The fraction of sp³-hybridized carbons (Fsp3) is 0.818. The molecule has 0 bridgehead atoms. The van der Waals surface area contributed by atoms with E-state index in [1.165, 1.54) is 0 Å². The van der Waals surface area contributed by atoms with Crippen LogP contribution in [-0.4, -0.2) is 34.9 Å². The molecular formula is C11H20O5. The predicted octanol–water partition coefficient (Wildman–Crippen LogP) is 1.60. The van der Waals surface area contributed by atoms with Gasteiger partial charge in [-0.15, -0.1) is 0 Å². The Morgan fingerprint density at radius 1 is 1.25 bits per heavy atom. The van der Waals surface area contributed by atoms with Gasteiger partial charge in [0.15, 0.2) is 6.10 Å². The van der Waals surface area contributed by atoms with E-state index in [1.54, 1.807) is 34.6 Å².